The van der Waals surface area contributed by atoms with Crippen molar-refractivity contribution in [2.75, 3.05) is 6.61 Å². The Labute approximate surface area is 165 Å². The van der Waals surface area contributed by atoms with Crippen LogP contribution in [0.25, 0.3) is 21.9 Å². The van der Waals surface area contributed by atoms with Gasteiger partial charge >= 0.3 is 5.97 Å². The summed E-state index contributed by atoms with van der Waals surface area (Å²) in [6.45, 7) is 5.57. The van der Waals surface area contributed by atoms with Gasteiger partial charge in [-0.1, -0.05) is 67.2 Å². The zero-order valence-electron chi connectivity index (χ0n) is 16.1. The summed E-state index contributed by atoms with van der Waals surface area (Å²) < 4.78 is 6.24. The molecule has 142 valence electrons. The Balaban J connectivity index is 2.04. The van der Waals surface area contributed by atoms with Gasteiger partial charge in [0.05, 0.1) is 0 Å². The molecule has 1 aliphatic carbocycles. The first-order chi connectivity index (χ1) is 13.6. The van der Waals surface area contributed by atoms with E-state index in [-0.39, 0.29) is 6.61 Å². The number of benzene rings is 3. The van der Waals surface area contributed by atoms with Crippen LogP contribution in [0.5, 0.6) is 0 Å². The second kappa shape index (κ2) is 7.25. The molecule has 0 aromatic heterocycles. The highest BCUT2D eigenvalue weighted by Gasteiger charge is 2.44. The van der Waals surface area contributed by atoms with Gasteiger partial charge in [0, 0.05) is 23.3 Å². The molecule has 0 saturated heterocycles. The summed E-state index contributed by atoms with van der Waals surface area (Å²) in [5.41, 5.74) is 3.74. The zero-order chi connectivity index (χ0) is 19.7. The third kappa shape index (κ3) is 2.83. The minimum Gasteiger partial charge on any atom is -0.446 e. The van der Waals surface area contributed by atoms with Crippen LogP contribution < -0.4 is 0 Å². The standard InChI is InChI=1S/C25H24O3/c1-17(2)24(27)28-25(15-5-6-16-26)21-13-4-3-11-19(21)20-12-7-9-18-10-8-14-22(25)23(18)20/h3-4,7-14,26H,1,5-6,15-16H2,2H3. The Morgan fingerprint density at radius 3 is 2.39 bits per heavy atom. The van der Waals surface area contributed by atoms with Crippen LogP contribution in [-0.2, 0) is 15.1 Å². The molecule has 1 N–H and O–H groups in total. The van der Waals surface area contributed by atoms with Gasteiger partial charge in [0.25, 0.3) is 0 Å². The lowest BCUT2D eigenvalue weighted by Crippen LogP contribution is -2.36. The monoisotopic (exact) mass is 372 g/mol. The maximum Gasteiger partial charge on any atom is 0.334 e. The smallest absolute Gasteiger partial charge is 0.334 e. The second-order valence-corrected chi connectivity index (χ2v) is 7.43. The van der Waals surface area contributed by atoms with E-state index in [1.807, 2.05) is 18.2 Å². The Kier molecular flexibility index (Phi) is 4.78. The number of aliphatic hydroxyl groups excluding tert-OH is 1. The molecule has 4 rings (SSSR count). The molecule has 0 spiro atoms. The van der Waals surface area contributed by atoms with Gasteiger partial charge in [-0.2, -0.15) is 0 Å². The van der Waals surface area contributed by atoms with E-state index >= 15 is 0 Å². The lowest BCUT2D eigenvalue weighted by atomic mass is 9.71. The number of unbranched alkanes of at least 4 members (excludes halogenated alkanes) is 1. The van der Waals surface area contributed by atoms with Gasteiger partial charge in [0.2, 0.25) is 0 Å². The Morgan fingerprint density at radius 2 is 1.64 bits per heavy atom. The number of fused-ring (bicyclic) bond motifs is 2. The van der Waals surface area contributed by atoms with E-state index < -0.39 is 11.6 Å². The molecular formula is C25H24O3. The van der Waals surface area contributed by atoms with Gasteiger partial charge < -0.3 is 9.84 Å². The molecule has 3 heteroatoms. The molecule has 3 aromatic carbocycles. The summed E-state index contributed by atoms with van der Waals surface area (Å²) in [4.78, 5) is 12.7. The molecule has 0 fully saturated rings. The van der Waals surface area contributed by atoms with Crippen molar-refractivity contribution < 1.29 is 14.6 Å². The van der Waals surface area contributed by atoms with Crippen molar-refractivity contribution >= 4 is 16.7 Å². The van der Waals surface area contributed by atoms with E-state index in [0.717, 1.165) is 39.4 Å². The molecule has 28 heavy (non-hydrogen) atoms. The van der Waals surface area contributed by atoms with E-state index in [0.29, 0.717) is 18.4 Å². The van der Waals surface area contributed by atoms with Crippen molar-refractivity contribution in [3.05, 3.63) is 83.9 Å². The lowest BCUT2D eigenvalue weighted by Gasteiger charge is -2.40. The van der Waals surface area contributed by atoms with Crippen LogP contribution in [0, 0.1) is 0 Å². The topological polar surface area (TPSA) is 46.5 Å². The fourth-order valence-corrected chi connectivity index (χ4v) is 4.28. The van der Waals surface area contributed by atoms with E-state index in [4.69, 9.17) is 4.74 Å². The van der Waals surface area contributed by atoms with Crippen LogP contribution in [0.4, 0.5) is 0 Å². The first-order valence-electron chi connectivity index (χ1n) is 9.70. The Hall–Kier alpha value is -2.91. The van der Waals surface area contributed by atoms with Crippen molar-refractivity contribution in [1.29, 1.82) is 0 Å². The van der Waals surface area contributed by atoms with Crippen molar-refractivity contribution in [2.45, 2.75) is 31.8 Å². The number of ether oxygens (including phenoxy) is 1. The number of hydrogen-bond acceptors (Lipinski definition) is 3. The van der Waals surface area contributed by atoms with Gasteiger partial charge in [-0.3, -0.25) is 0 Å². The van der Waals surface area contributed by atoms with Gasteiger partial charge in [0.1, 0.15) is 0 Å². The second-order valence-electron chi connectivity index (χ2n) is 7.43. The van der Waals surface area contributed by atoms with Gasteiger partial charge in [-0.25, -0.2) is 4.79 Å². The van der Waals surface area contributed by atoms with E-state index in [9.17, 15) is 9.90 Å². The summed E-state index contributed by atoms with van der Waals surface area (Å²) in [5.74, 6) is -0.393. The number of rotatable bonds is 6. The minimum atomic E-state index is -0.893. The SMILES string of the molecule is C=C(C)C(=O)OC1(CCCCO)c2ccccc2-c2cccc3cccc1c23. The largest absolute Gasteiger partial charge is 0.446 e. The van der Waals surface area contributed by atoms with Crippen LogP contribution in [-0.4, -0.2) is 17.7 Å². The van der Waals surface area contributed by atoms with Crippen LogP contribution >= 0.6 is 0 Å². The van der Waals surface area contributed by atoms with Crippen LogP contribution in [0.1, 0.15) is 37.3 Å². The van der Waals surface area contributed by atoms with E-state index in [2.05, 4.69) is 49.0 Å². The van der Waals surface area contributed by atoms with Gasteiger partial charge in [-0.15, -0.1) is 0 Å². The number of hydrogen-bond donors (Lipinski definition) is 1. The quantitative estimate of drug-likeness (QED) is 0.361. The summed E-state index contributed by atoms with van der Waals surface area (Å²) in [5, 5.41) is 11.6. The number of carbonyl (C=O) groups excluding carboxylic acids is 1. The fourth-order valence-electron chi connectivity index (χ4n) is 4.28. The molecule has 1 unspecified atom stereocenters. The van der Waals surface area contributed by atoms with Crippen LogP contribution in [0.15, 0.2) is 72.8 Å². The summed E-state index contributed by atoms with van der Waals surface area (Å²) >= 11 is 0. The zero-order valence-corrected chi connectivity index (χ0v) is 16.1. The molecule has 3 nitrogen and oxygen atoms in total. The lowest BCUT2D eigenvalue weighted by molar-refractivity contribution is -0.152. The Morgan fingerprint density at radius 1 is 0.964 bits per heavy atom. The van der Waals surface area contributed by atoms with E-state index in [1.54, 1.807) is 6.92 Å². The molecule has 0 aliphatic heterocycles. The molecule has 1 atom stereocenters. The maximum absolute atomic E-state index is 12.7. The molecular weight excluding hydrogens is 348 g/mol. The molecule has 0 heterocycles. The summed E-state index contributed by atoms with van der Waals surface area (Å²) in [7, 11) is 0. The fraction of sp³-hybridized carbons (Fsp3) is 0.240. The third-order valence-electron chi connectivity index (χ3n) is 5.54. The molecule has 0 radical (unpaired) electrons. The van der Waals surface area contributed by atoms with Gasteiger partial charge in [0.15, 0.2) is 5.60 Å². The highest BCUT2D eigenvalue weighted by Crippen LogP contribution is 2.51. The molecule has 0 saturated carbocycles. The molecule has 0 bridgehead atoms. The van der Waals surface area contributed by atoms with Gasteiger partial charge in [-0.05, 0) is 48.1 Å². The maximum atomic E-state index is 12.7. The predicted octanol–water partition coefficient (Wildman–Crippen LogP) is 5.35. The van der Waals surface area contributed by atoms with Crippen LogP contribution in [0.2, 0.25) is 0 Å². The Bertz CT molecular complexity index is 1060. The number of esters is 1. The highest BCUT2D eigenvalue weighted by atomic mass is 16.6. The molecule has 1 aliphatic rings. The van der Waals surface area contributed by atoms with Crippen molar-refractivity contribution in [3.8, 4) is 11.1 Å². The van der Waals surface area contributed by atoms with Crippen molar-refractivity contribution in [2.24, 2.45) is 0 Å². The summed E-state index contributed by atoms with van der Waals surface area (Å²) in [6.07, 6.45) is 2.01. The minimum absolute atomic E-state index is 0.118. The van der Waals surface area contributed by atoms with Crippen molar-refractivity contribution in [1.82, 2.24) is 0 Å². The molecule has 3 aromatic rings. The highest BCUT2D eigenvalue weighted by molar-refractivity contribution is 6.03. The average Bonchev–Trinajstić information content (AvgIpc) is 2.71. The average molecular weight is 372 g/mol. The first kappa shape index (κ1) is 18.5. The molecule has 0 amide bonds. The first-order valence-corrected chi connectivity index (χ1v) is 9.70. The van der Waals surface area contributed by atoms with Crippen LogP contribution in [0.3, 0.4) is 0 Å². The van der Waals surface area contributed by atoms with Crippen molar-refractivity contribution in [3.63, 3.8) is 0 Å². The normalized spacial score (nSPS) is 17.2. The number of aliphatic hydroxyl groups is 1. The van der Waals surface area contributed by atoms with E-state index in [1.165, 1.54) is 0 Å². The third-order valence-corrected chi connectivity index (χ3v) is 5.54. The number of carbonyl (C=O) groups is 1. The predicted molar refractivity (Wildman–Crippen MR) is 112 cm³/mol. The summed E-state index contributed by atoms with van der Waals surface area (Å²) in [6, 6.07) is 20.6.